The van der Waals surface area contributed by atoms with Crippen LogP contribution in [0.4, 0.5) is 17.1 Å². The second-order valence-electron chi connectivity index (χ2n) is 8.55. The molecule has 1 aliphatic heterocycles. The molecule has 1 heterocycles. The number of anilines is 3. The zero-order valence-electron chi connectivity index (χ0n) is 21.9. The normalized spacial score (nSPS) is 12.8. The fourth-order valence-corrected chi connectivity index (χ4v) is 4.10. The highest BCUT2D eigenvalue weighted by Crippen LogP contribution is 2.38. The Morgan fingerprint density at radius 3 is 2.27 bits per heavy atom. The molecule has 0 aromatic heterocycles. The van der Waals surface area contributed by atoms with Crippen LogP contribution in [-0.2, 0) is 14.3 Å². The molecule has 0 aliphatic carbocycles. The van der Waals surface area contributed by atoms with E-state index in [0.29, 0.717) is 35.7 Å². The van der Waals surface area contributed by atoms with Crippen LogP contribution in [0.3, 0.4) is 0 Å². The van der Waals surface area contributed by atoms with Crippen LogP contribution >= 0.6 is 11.6 Å². The topological polar surface area (TPSA) is 123 Å². The van der Waals surface area contributed by atoms with Gasteiger partial charge in [-0.3, -0.25) is 14.4 Å². The van der Waals surface area contributed by atoms with Gasteiger partial charge in [0.05, 0.1) is 32.1 Å². The van der Waals surface area contributed by atoms with Crippen molar-refractivity contribution in [1.29, 1.82) is 0 Å². The first-order chi connectivity index (χ1) is 19.3. The summed E-state index contributed by atoms with van der Waals surface area (Å²) < 4.78 is 15.7. The second-order valence-corrected chi connectivity index (χ2v) is 8.93. The van der Waals surface area contributed by atoms with Crippen LogP contribution in [0.15, 0.2) is 77.5 Å². The second kappa shape index (κ2) is 12.4. The van der Waals surface area contributed by atoms with E-state index in [-0.39, 0.29) is 27.7 Å². The van der Waals surface area contributed by atoms with Gasteiger partial charge in [0.1, 0.15) is 22.2 Å². The summed E-state index contributed by atoms with van der Waals surface area (Å²) in [5, 5.41) is 5.28. The van der Waals surface area contributed by atoms with Crippen molar-refractivity contribution in [2.75, 3.05) is 36.4 Å². The first kappa shape index (κ1) is 28.2. The van der Waals surface area contributed by atoms with Gasteiger partial charge in [-0.05, 0) is 55.0 Å². The Hall–Kier alpha value is -4.83. The van der Waals surface area contributed by atoms with Crippen molar-refractivity contribution in [2.24, 2.45) is 0 Å². The molecule has 1 aliphatic rings. The third-order valence-electron chi connectivity index (χ3n) is 5.84. The maximum atomic E-state index is 13.3. The molecule has 4 rings (SSSR count). The van der Waals surface area contributed by atoms with Crippen molar-refractivity contribution in [3.63, 3.8) is 0 Å². The van der Waals surface area contributed by atoms with Gasteiger partial charge in [-0.1, -0.05) is 30.7 Å². The molecular weight excluding hydrogens is 538 g/mol. The van der Waals surface area contributed by atoms with Crippen molar-refractivity contribution < 1.29 is 33.4 Å². The number of methoxy groups -OCH3 is 2. The summed E-state index contributed by atoms with van der Waals surface area (Å²) >= 11 is 6.28. The van der Waals surface area contributed by atoms with Crippen LogP contribution in [-0.4, -0.2) is 44.5 Å². The molecule has 0 radical (unpaired) electrons. The van der Waals surface area contributed by atoms with Crippen LogP contribution in [0.2, 0.25) is 0 Å². The van der Waals surface area contributed by atoms with Crippen molar-refractivity contribution in [3.05, 3.63) is 88.6 Å². The van der Waals surface area contributed by atoms with Crippen molar-refractivity contribution in [1.82, 2.24) is 0 Å². The molecule has 0 spiro atoms. The average Bonchev–Trinajstić information content (AvgIpc) is 3.18. The highest BCUT2D eigenvalue weighted by molar-refractivity contribution is 6.53. The lowest BCUT2D eigenvalue weighted by atomic mass is 10.1. The molecule has 0 bridgehead atoms. The number of imide groups is 1. The number of ether oxygens (including phenoxy) is 3. The number of nitrogens with zero attached hydrogens (tertiary/aromatic N) is 1. The highest BCUT2D eigenvalue weighted by atomic mass is 35.5. The van der Waals surface area contributed by atoms with Gasteiger partial charge in [0.25, 0.3) is 17.7 Å². The molecule has 206 valence electrons. The monoisotopic (exact) mass is 563 g/mol. The predicted molar refractivity (Wildman–Crippen MR) is 150 cm³/mol. The van der Waals surface area contributed by atoms with Crippen molar-refractivity contribution in [3.8, 4) is 11.5 Å². The Balaban J connectivity index is 1.52. The predicted octanol–water partition coefficient (Wildman–Crippen LogP) is 4.96. The minimum Gasteiger partial charge on any atom is -0.497 e. The standard InChI is InChI=1S/C29H26ClN3O7/c1-4-13-40-29(37)18-8-6-10-20(15-18)32-26(34)17-7-5-9-19(14-17)31-25-24(30)27(35)33(28(25)36)22-16-21(38-2)11-12-23(22)39-3/h5-12,14-16,31H,4,13H2,1-3H3,(H,32,34). The number of hydrogen-bond donors (Lipinski definition) is 2. The molecule has 0 saturated heterocycles. The first-order valence-electron chi connectivity index (χ1n) is 12.2. The van der Waals surface area contributed by atoms with E-state index in [1.165, 1.54) is 32.4 Å². The molecule has 0 fully saturated rings. The quantitative estimate of drug-likeness (QED) is 0.262. The van der Waals surface area contributed by atoms with Crippen LogP contribution in [0.5, 0.6) is 11.5 Å². The third-order valence-corrected chi connectivity index (χ3v) is 6.19. The smallest absolute Gasteiger partial charge is 0.338 e. The zero-order chi connectivity index (χ0) is 28.8. The van der Waals surface area contributed by atoms with Gasteiger partial charge in [-0.15, -0.1) is 0 Å². The van der Waals surface area contributed by atoms with Gasteiger partial charge < -0.3 is 24.8 Å². The Labute approximate surface area is 235 Å². The maximum absolute atomic E-state index is 13.3. The van der Waals surface area contributed by atoms with E-state index in [2.05, 4.69) is 10.6 Å². The summed E-state index contributed by atoms with van der Waals surface area (Å²) in [7, 11) is 2.87. The van der Waals surface area contributed by atoms with E-state index in [1.54, 1.807) is 48.5 Å². The van der Waals surface area contributed by atoms with E-state index < -0.39 is 23.7 Å². The van der Waals surface area contributed by atoms with Gasteiger partial charge in [0, 0.05) is 23.0 Å². The Bertz CT molecular complexity index is 1520. The SMILES string of the molecule is CCCOC(=O)c1cccc(NC(=O)c2cccc(NC3=C(Cl)C(=O)N(c4cc(OC)ccc4OC)C3=O)c2)c1. The molecule has 3 amide bonds. The van der Waals surface area contributed by atoms with Crippen molar-refractivity contribution in [2.45, 2.75) is 13.3 Å². The summed E-state index contributed by atoms with van der Waals surface area (Å²) in [4.78, 5) is 52.3. The fraction of sp³-hybridized carbons (Fsp3) is 0.172. The van der Waals surface area contributed by atoms with E-state index >= 15 is 0 Å². The van der Waals surface area contributed by atoms with E-state index in [9.17, 15) is 19.2 Å². The van der Waals surface area contributed by atoms with Crippen LogP contribution in [0, 0.1) is 0 Å². The molecule has 10 nitrogen and oxygen atoms in total. The molecular formula is C29H26ClN3O7. The summed E-state index contributed by atoms with van der Waals surface area (Å²) in [5.41, 5.74) is 1.32. The minimum atomic E-state index is -0.744. The molecule has 11 heteroatoms. The first-order valence-corrected chi connectivity index (χ1v) is 12.6. The average molecular weight is 564 g/mol. The van der Waals surface area contributed by atoms with Gasteiger partial charge in [-0.2, -0.15) is 0 Å². The highest BCUT2D eigenvalue weighted by Gasteiger charge is 2.40. The number of benzene rings is 3. The fourth-order valence-electron chi connectivity index (χ4n) is 3.89. The van der Waals surface area contributed by atoms with Crippen LogP contribution in [0.25, 0.3) is 0 Å². The Morgan fingerprint density at radius 1 is 0.875 bits per heavy atom. The number of esters is 1. The summed E-state index contributed by atoms with van der Waals surface area (Å²) in [6.07, 6.45) is 0.696. The number of hydrogen-bond acceptors (Lipinski definition) is 8. The molecule has 0 saturated carbocycles. The van der Waals surface area contributed by atoms with Crippen LogP contribution < -0.4 is 25.0 Å². The van der Waals surface area contributed by atoms with Crippen molar-refractivity contribution >= 4 is 52.4 Å². The van der Waals surface area contributed by atoms with E-state index in [0.717, 1.165) is 4.90 Å². The minimum absolute atomic E-state index is 0.160. The molecule has 3 aromatic carbocycles. The van der Waals surface area contributed by atoms with Crippen LogP contribution in [0.1, 0.15) is 34.1 Å². The lowest BCUT2D eigenvalue weighted by molar-refractivity contribution is -0.120. The molecule has 2 N–H and O–H groups in total. The molecule has 0 unspecified atom stereocenters. The van der Waals surface area contributed by atoms with Gasteiger partial charge in [0.15, 0.2) is 0 Å². The number of carbonyl (C=O) groups is 4. The molecule has 3 aromatic rings. The number of rotatable bonds is 10. The largest absolute Gasteiger partial charge is 0.497 e. The van der Waals surface area contributed by atoms with E-state index in [1.807, 2.05) is 6.92 Å². The number of carbonyl (C=O) groups excluding carboxylic acids is 4. The lowest BCUT2D eigenvalue weighted by Gasteiger charge is -2.19. The molecule has 40 heavy (non-hydrogen) atoms. The molecule has 0 atom stereocenters. The zero-order valence-corrected chi connectivity index (χ0v) is 22.7. The summed E-state index contributed by atoms with van der Waals surface area (Å²) in [5.74, 6) is -1.70. The Morgan fingerprint density at radius 2 is 1.57 bits per heavy atom. The van der Waals surface area contributed by atoms with Gasteiger partial charge >= 0.3 is 5.97 Å². The summed E-state index contributed by atoms with van der Waals surface area (Å²) in [6.45, 7) is 2.19. The number of amides is 3. The number of nitrogens with one attached hydrogen (secondary N) is 2. The lowest BCUT2D eigenvalue weighted by Crippen LogP contribution is -2.32. The Kier molecular flexibility index (Phi) is 8.70. The van der Waals surface area contributed by atoms with Gasteiger partial charge in [-0.25, -0.2) is 9.69 Å². The third kappa shape index (κ3) is 5.92. The van der Waals surface area contributed by atoms with Gasteiger partial charge in [0.2, 0.25) is 0 Å². The summed E-state index contributed by atoms with van der Waals surface area (Å²) in [6, 6.07) is 17.4. The maximum Gasteiger partial charge on any atom is 0.338 e. The van der Waals surface area contributed by atoms with E-state index in [4.69, 9.17) is 25.8 Å². The number of halogens is 1.